The molecule has 2 aliphatic rings. The standard InChI is InChI=1S/C26H33N3O5S/c1-2-3-14-35(33,34)28-24(26(31)32)15-18-4-8-22(9-5-18)29-17-21-7-6-20(16-23(21)25(29)30)19-10-12-27-13-11-19/h4-9,16,19,24,27-28H,2-3,10-15,17H2,1H3,(H,31,32). The third-order valence-corrected chi connectivity index (χ3v) is 8.29. The highest BCUT2D eigenvalue weighted by Crippen LogP contribution is 2.33. The number of fused-ring (bicyclic) bond motifs is 1. The van der Waals surface area contributed by atoms with Crippen molar-refractivity contribution >= 4 is 27.6 Å². The summed E-state index contributed by atoms with van der Waals surface area (Å²) in [7, 11) is -3.67. The highest BCUT2D eigenvalue weighted by Gasteiger charge is 2.30. The van der Waals surface area contributed by atoms with E-state index < -0.39 is 22.0 Å². The van der Waals surface area contributed by atoms with Gasteiger partial charge >= 0.3 is 5.97 Å². The molecule has 2 aliphatic heterocycles. The average Bonchev–Trinajstić information content (AvgIpc) is 3.19. The Balaban J connectivity index is 1.44. The van der Waals surface area contributed by atoms with Gasteiger partial charge in [-0.2, -0.15) is 0 Å². The van der Waals surface area contributed by atoms with Gasteiger partial charge in [0.1, 0.15) is 6.04 Å². The van der Waals surface area contributed by atoms with Crippen LogP contribution in [0.15, 0.2) is 42.5 Å². The Bertz CT molecular complexity index is 1170. The minimum absolute atomic E-state index is 0.0226. The van der Waals surface area contributed by atoms with Gasteiger partial charge < -0.3 is 15.3 Å². The molecule has 8 nitrogen and oxygen atoms in total. The molecule has 2 aromatic carbocycles. The fraction of sp³-hybridized carbons (Fsp3) is 0.462. The summed E-state index contributed by atoms with van der Waals surface area (Å²) in [6.45, 7) is 4.37. The van der Waals surface area contributed by atoms with Crippen LogP contribution in [0.1, 0.15) is 65.6 Å². The maximum absolute atomic E-state index is 13.2. The fourth-order valence-corrected chi connectivity index (χ4v) is 6.18. The number of hydrogen-bond acceptors (Lipinski definition) is 5. The van der Waals surface area contributed by atoms with Crippen LogP contribution < -0.4 is 14.9 Å². The molecule has 0 bridgehead atoms. The van der Waals surface area contributed by atoms with Crippen molar-refractivity contribution in [3.63, 3.8) is 0 Å². The van der Waals surface area contributed by atoms with Crippen LogP contribution in [-0.4, -0.2) is 50.3 Å². The monoisotopic (exact) mass is 499 g/mol. The van der Waals surface area contributed by atoms with Crippen molar-refractivity contribution in [3.05, 3.63) is 64.7 Å². The van der Waals surface area contributed by atoms with Gasteiger partial charge in [0, 0.05) is 11.3 Å². The Morgan fingerprint density at radius 1 is 1.17 bits per heavy atom. The van der Waals surface area contributed by atoms with Gasteiger partial charge in [0.05, 0.1) is 12.3 Å². The van der Waals surface area contributed by atoms with Crippen LogP contribution in [-0.2, 0) is 27.8 Å². The molecule has 4 rings (SSSR count). The molecule has 1 atom stereocenters. The first-order valence-corrected chi connectivity index (χ1v) is 13.9. The van der Waals surface area contributed by atoms with Gasteiger partial charge in [0.15, 0.2) is 0 Å². The zero-order valence-corrected chi connectivity index (χ0v) is 20.8. The number of benzene rings is 2. The number of piperidine rings is 1. The number of carboxylic acids is 1. The summed E-state index contributed by atoms with van der Waals surface area (Å²) < 4.78 is 26.6. The van der Waals surface area contributed by atoms with Crippen LogP contribution >= 0.6 is 0 Å². The van der Waals surface area contributed by atoms with Gasteiger partial charge in [-0.05, 0) is 79.6 Å². The fourth-order valence-electron chi connectivity index (χ4n) is 4.77. The number of hydrogen-bond donors (Lipinski definition) is 3. The second-order valence-electron chi connectivity index (χ2n) is 9.38. The van der Waals surface area contributed by atoms with E-state index >= 15 is 0 Å². The lowest BCUT2D eigenvalue weighted by Crippen LogP contribution is -2.43. The number of aliphatic carboxylic acids is 1. The third-order valence-electron chi connectivity index (χ3n) is 6.82. The van der Waals surface area contributed by atoms with Gasteiger partial charge in [0.2, 0.25) is 10.0 Å². The van der Waals surface area contributed by atoms with Crippen molar-refractivity contribution < 1.29 is 23.1 Å². The maximum atomic E-state index is 13.2. The number of rotatable bonds is 10. The second-order valence-corrected chi connectivity index (χ2v) is 11.3. The van der Waals surface area contributed by atoms with Gasteiger partial charge in [-0.3, -0.25) is 9.59 Å². The lowest BCUT2D eigenvalue weighted by molar-refractivity contribution is -0.138. The molecular weight excluding hydrogens is 466 g/mol. The molecule has 0 radical (unpaired) electrons. The first kappa shape index (κ1) is 25.3. The first-order valence-electron chi connectivity index (χ1n) is 12.2. The Labute approximate surface area is 206 Å². The highest BCUT2D eigenvalue weighted by molar-refractivity contribution is 7.89. The summed E-state index contributed by atoms with van der Waals surface area (Å²) in [6, 6.07) is 12.1. The van der Waals surface area contributed by atoms with E-state index in [0.29, 0.717) is 30.9 Å². The molecule has 0 spiro atoms. The largest absolute Gasteiger partial charge is 0.480 e. The van der Waals surface area contributed by atoms with E-state index in [2.05, 4.69) is 22.2 Å². The molecule has 9 heteroatoms. The van der Waals surface area contributed by atoms with E-state index in [1.165, 1.54) is 5.56 Å². The van der Waals surface area contributed by atoms with Crippen molar-refractivity contribution in [2.75, 3.05) is 23.7 Å². The molecule has 35 heavy (non-hydrogen) atoms. The van der Waals surface area contributed by atoms with E-state index in [0.717, 1.165) is 42.7 Å². The lowest BCUT2D eigenvalue weighted by Gasteiger charge is -2.23. The topological polar surface area (TPSA) is 116 Å². The molecule has 188 valence electrons. The van der Waals surface area contributed by atoms with Crippen LogP contribution in [0.25, 0.3) is 0 Å². The number of anilines is 1. The molecule has 1 amide bonds. The number of carboxylic acid groups (broad SMARTS) is 1. The maximum Gasteiger partial charge on any atom is 0.322 e. The predicted octanol–water partition coefficient (Wildman–Crippen LogP) is 3.03. The molecule has 0 aliphatic carbocycles. The Morgan fingerprint density at radius 3 is 2.54 bits per heavy atom. The number of sulfonamides is 1. The van der Waals surface area contributed by atoms with Crippen LogP contribution in [0.3, 0.4) is 0 Å². The van der Waals surface area contributed by atoms with Gasteiger partial charge in [-0.25, -0.2) is 13.1 Å². The van der Waals surface area contributed by atoms with Crippen LogP contribution in [0.4, 0.5) is 5.69 Å². The summed E-state index contributed by atoms with van der Waals surface area (Å²) in [5.74, 6) is -0.868. The molecule has 2 aromatic rings. The predicted molar refractivity (Wildman–Crippen MR) is 135 cm³/mol. The van der Waals surface area contributed by atoms with Crippen LogP contribution in [0.2, 0.25) is 0 Å². The molecule has 0 saturated carbocycles. The van der Waals surface area contributed by atoms with Crippen LogP contribution in [0.5, 0.6) is 0 Å². The first-order chi connectivity index (χ1) is 16.8. The zero-order valence-electron chi connectivity index (χ0n) is 20.0. The number of amides is 1. The van der Waals surface area contributed by atoms with Crippen molar-refractivity contribution in [3.8, 4) is 0 Å². The van der Waals surface area contributed by atoms with Gasteiger partial charge in [0.25, 0.3) is 5.91 Å². The number of unbranched alkanes of at least 4 members (excludes halogenated alkanes) is 1. The molecule has 0 aromatic heterocycles. The smallest absolute Gasteiger partial charge is 0.322 e. The molecule has 3 N–H and O–H groups in total. The summed E-state index contributed by atoms with van der Waals surface area (Å²) in [4.78, 5) is 26.6. The minimum atomic E-state index is -3.67. The van der Waals surface area contributed by atoms with Gasteiger partial charge in [-0.15, -0.1) is 0 Å². The average molecular weight is 500 g/mol. The van der Waals surface area contributed by atoms with E-state index in [4.69, 9.17) is 0 Å². The quantitative estimate of drug-likeness (QED) is 0.463. The van der Waals surface area contributed by atoms with E-state index in [1.807, 2.05) is 13.0 Å². The SMILES string of the molecule is CCCCS(=O)(=O)NC(Cc1ccc(N2Cc3ccc(C4CCNCC4)cc3C2=O)cc1)C(=O)O. The minimum Gasteiger partial charge on any atom is -0.480 e. The zero-order chi connectivity index (χ0) is 25.0. The van der Waals surface area contributed by atoms with Crippen LogP contribution in [0, 0.1) is 0 Å². The summed E-state index contributed by atoms with van der Waals surface area (Å²) >= 11 is 0. The number of carbonyl (C=O) groups is 2. The highest BCUT2D eigenvalue weighted by atomic mass is 32.2. The molecule has 1 saturated heterocycles. The molecule has 2 heterocycles. The summed E-state index contributed by atoms with van der Waals surface area (Å²) in [6.07, 6.45) is 3.35. The third kappa shape index (κ3) is 6.09. The second kappa shape index (κ2) is 10.9. The number of carbonyl (C=O) groups excluding carboxylic acids is 1. The van der Waals surface area contributed by atoms with E-state index in [1.54, 1.807) is 29.2 Å². The van der Waals surface area contributed by atoms with Crippen molar-refractivity contribution in [2.24, 2.45) is 0 Å². The normalized spacial score (nSPS) is 17.4. The van der Waals surface area contributed by atoms with Gasteiger partial charge in [-0.1, -0.05) is 37.6 Å². The molecule has 1 fully saturated rings. The molecular formula is C26H33N3O5S. The Kier molecular flexibility index (Phi) is 7.88. The lowest BCUT2D eigenvalue weighted by atomic mass is 9.88. The molecule has 1 unspecified atom stereocenters. The van der Waals surface area contributed by atoms with Crippen molar-refractivity contribution in [1.82, 2.24) is 10.0 Å². The van der Waals surface area contributed by atoms with Crippen molar-refractivity contribution in [1.29, 1.82) is 0 Å². The summed E-state index contributed by atoms with van der Waals surface area (Å²) in [5.41, 5.74) is 4.38. The Hall–Kier alpha value is -2.75. The van der Waals surface area contributed by atoms with Crippen molar-refractivity contribution in [2.45, 2.75) is 57.5 Å². The number of nitrogens with one attached hydrogen (secondary N) is 2. The Morgan fingerprint density at radius 2 is 1.89 bits per heavy atom. The van der Waals surface area contributed by atoms with E-state index in [9.17, 15) is 23.1 Å². The van der Waals surface area contributed by atoms with E-state index in [-0.39, 0.29) is 18.1 Å². The number of nitrogens with zero attached hydrogens (tertiary/aromatic N) is 1. The summed E-state index contributed by atoms with van der Waals surface area (Å²) in [5, 5.41) is 12.9.